The van der Waals surface area contributed by atoms with Crippen LogP contribution in [0.3, 0.4) is 0 Å². The fraction of sp³-hybridized carbons (Fsp3) is 0.286. The van der Waals surface area contributed by atoms with Gasteiger partial charge in [-0.3, -0.25) is 5.32 Å². The van der Waals surface area contributed by atoms with Crippen LogP contribution >= 0.6 is 0 Å². The van der Waals surface area contributed by atoms with Crippen molar-refractivity contribution in [2.75, 3.05) is 10.6 Å². The Balaban J connectivity index is 1.71. The normalized spacial score (nSPS) is 11.9. The molecule has 0 aliphatic carbocycles. The van der Waals surface area contributed by atoms with E-state index < -0.39 is 6.03 Å². The van der Waals surface area contributed by atoms with Crippen molar-refractivity contribution in [3.05, 3.63) is 71.9 Å². The Morgan fingerprint density at radius 1 is 0.829 bits per heavy atom. The first kappa shape index (κ1) is 24.1. The van der Waals surface area contributed by atoms with E-state index in [0.29, 0.717) is 34.1 Å². The summed E-state index contributed by atoms with van der Waals surface area (Å²) in [7, 11) is 0. The first-order valence-electron chi connectivity index (χ1n) is 11.6. The molecule has 0 saturated heterocycles. The molecule has 4 aromatic rings. The lowest BCUT2D eigenvalue weighted by atomic mass is 9.78. The quantitative estimate of drug-likeness (QED) is 0.312. The number of benzene rings is 2. The number of nitrogens with one attached hydrogen (secondary N) is 2. The van der Waals surface area contributed by atoms with Gasteiger partial charge in [0.25, 0.3) is 0 Å². The van der Waals surface area contributed by atoms with E-state index in [0.717, 1.165) is 16.7 Å². The Hall–Kier alpha value is -4.00. The molecule has 2 aromatic heterocycles. The number of amides is 2. The van der Waals surface area contributed by atoms with Crippen molar-refractivity contribution in [2.24, 2.45) is 0 Å². The summed E-state index contributed by atoms with van der Waals surface area (Å²) < 4.78 is 0. The van der Waals surface area contributed by atoms with Crippen LogP contribution < -0.4 is 10.6 Å². The maximum absolute atomic E-state index is 12.4. The molecule has 0 unspecified atom stereocenters. The Morgan fingerprint density at radius 3 is 2.06 bits per heavy atom. The van der Waals surface area contributed by atoms with Crippen molar-refractivity contribution in [1.82, 2.24) is 15.0 Å². The number of pyridine rings is 1. The number of hydrogen-bond acceptors (Lipinski definition) is 5. The predicted octanol–water partition coefficient (Wildman–Crippen LogP) is 6.64. The average molecular weight is 470 g/mol. The summed E-state index contributed by atoms with van der Waals surface area (Å²) in [5.41, 5.74) is 4.55. The summed E-state index contributed by atoms with van der Waals surface area (Å²) in [6.07, 6.45) is 1.50. The highest BCUT2D eigenvalue weighted by molar-refractivity contribution is 5.99. The molecule has 0 atom stereocenters. The van der Waals surface area contributed by atoms with E-state index in [1.807, 2.05) is 42.5 Å². The van der Waals surface area contributed by atoms with Crippen LogP contribution in [-0.4, -0.2) is 26.1 Å². The van der Waals surface area contributed by atoms with Crippen LogP contribution in [0.1, 0.15) is 52.7 Å². The Labute approximate surface area is 205 Å². The summed E-state index contributed by atoms with van der Waals surface area (Å²) in [5.74, 6) is 0.622. The van der Waals surface area contributed by atoms with Crippen molar-refractivity contribution in [3.63, 3.8) is 0 Å². The van der Waals surface area contributed by atoms with E-state index in [9.17, 15) is 9.90 Å². The third-order valence-electron chi connectivity index (χ3n) is 5.70. The summed E-state index contributed by atoms with van der Waals surface area (Å²) in [6, 6.07) is 16.5. The second-order valence-corrected chi connectivity index (χ2v) is 10.7. The molecular weight excluding hydrogens is 438 g/mol. The van der Waals surface area contributed by atoms with Crippen LogP contribution in [0.15, 0.2) is 60.8 Å². The SMILES string of the molecule is CC(C)(C)c1cc(-c2ccc3ncc(NC(=O)Nc4ccccc4)nc3n2)cc(C(C)(C)C)c1O. The maximum atomic E-state index is 12.4. The number of phenols is 1. The van der Waals surface area contributed by atoms with Crippen LogP contribution in [-0.2, 0) is 10.8 Å². The van der Waals surface area contributed by atoms with E-state index in [1.165, 1.54) is 6.20 Å². The minimum atomic E-state index is -0.413. The number of hydrogen-bond donors (Lipinski definition) is 3. The number of para-hydroxylation sites is 1. The molecule has 7 heteroatoms. The van der Waals surface area contributed by atoms with Gasteiger partial charge in [-0.25, -0.2) is 19.7 Å². The van der Waals surface area contributed by atoms with Crippen LogP contribution in [0.4, 0.5) is 16.3 Å². The topological polar surface area (TPSA) is 100 Å². The molecule has 180 valence electrons. The summed E-state index contributed by atoms with van der Waals surface area (Å²) in [6.45, 7) is 12.5. The summed E-state index contributed by atoms with van der Waals surface area (Å²) in [5, 5.41) is 16.5. The standard InChI is InChI=1S/C28H31N5O2/c1-27(2,3)19-14-17(15-20(24(19)34)28(4,5)6)21-12-13-22-25(31-21)32-23(16-29-22)33-26(35)30-18-10-8-7-9-11-18/h7-16,34H,1-6H3,(H2,30,31,32,33,35). The molecule has 2 heterocycles. The van der Waals surface area contributed by atoms with Crippen molar-refractivity contribution in [1.29, 1.82) is 0 Å². The highest BCUT2D eigenvalue weighted by Gasteiger charge is 2.27. The van der Waals surface area contributed by atoms with Crippen molar-refractivity contribution in [3.8, 4) is 17.0 Å². The lowest BCUT2D eigenvalue weighted by Gasteiger charge is -2.28. The number of aromatic hydroxyl groups is 1. The van der Waals surface area contributed by atoms with Gasteiger partial charge in [0.05, 0.1) is 11.9 Å². The summed E-state index contributed by atoms with van der Waals surface area (Å²) >= 11 is 0. The van der Waals surface area contributed by atoms with Gasteiger partial charge in [0, 0.05) is 22.4 Å². The van der Waals surface area contributed by atoms with Crippen LogP contribution in [0.25, 0.3) is 22.4 Å². The third-order valence-corrected chi connectivity index (χ3v) is 5.70. The monoisotopic (exact) mass is 469 g/mol. The number of aromatic nitrogens is 3. The second-order valence-electron chi connectivity index (χ2n) is 10.7. The van der Waals surface area contributed by atoms with E-state index in [4.69, 9.17) is 4.98 Å². The zero-order chi connectivity index (χ0) is 25.4. The number of carbonyl (C=O) groups is 1. The third kappa shape index (κ3) is 5.40. The zero-order valence-corrected chi connectivity index (χ0v) is 21.0. The lowest BCUT2D eigenvalue weighted by Crippen LogP contribution is -2.20. The molecule has 0 bridgehead atoms. The van der Waals surface area contributed by atoms with Crippen molar-refractivity contribution in [2.45, 2.75) is 52.4 Å². The van der Waals surface area contributed by atoms with Gasteiger partial charge in [-0.2, -0.15) is 0 Å². The number of fused-ring (bicyclic) bond motifs is 1. The van der Waals surface area contributed by atoms with Gasteiger partial charge < -0.3 is 10.4 Å². The molecule has 0 fully saturated rings. The van der Waals surface area contributed by atoms with Crippen molar-refractivity contribution < 1.29 is 9.90 Å². The first-order valence-corrected chi connectivity index (χ1v) is 11.6. The number of urea groups is 1. The number of phenolic OH excluding ortho intramolecular Hbond substituents is 1. The van der Waals surface area contributed by atoms with Crippen LogP contribution in [0.2, 0.25) is 0 Å². The molecule has 0 aliphatic heterocycles. The largest absolute Gasteiger partial charge is 0.507 e. The molecular formula is C28H31N5O2. The fourth-order valence-corrected chi connectivity index (χ4v) is 3.84. The van der Waals surface area contributed by atoms with Gasteiger partial charge in [0.2, 0.25) is 0 Å². The molecule has 3 N–H and O–H groups in total. The van der Waals surface area contributed by atoms with Gasteiger partial charge >= 0.3 is 6.03 Å². The Kier molecular flexibility index (Phi) is 6.19. The van der Waals surface area contributed by atoms with E-state index in [2.05, 4.69) is 62.1 Å². The highest BCUT2D eigenvalue weighted by Crippen LogP contribution is 2.41. The Bertz CT molecular complexity index is 1350. The number of nitrogens with zero attached hydrogens (tertiary/aromatic N) is 3. The lowest BCUT2D eigenvalue weighted by molar-refractivity contribution is 0.262. The molecule has 0 saturated carbocycles. The molecule has 0 aliphatic rings. The minimum Gasteiger partial charge on any atom is -0.507 e. The molecule has 2 aromatic carbocycles. The average Bonchev–Trinajstić information content (AvgIpc) is 2.78. The smallest absolute Gasteiger partial charge is 0.324 e. The highest BCUT2D eigenvalue weighted by atomic mass is 16.3. The molecule has 35 heavy (non-hydrogen) atoms. The molecule has 2 amide bonds. The van der Waals surface area contributed by atoms with Crippen LogP contribution in [0, 0.1) is 0 Å². The van der Waals surface area contributed by atoms with E-state index >= 15 is 0 Å². The predicted molar refractivity (Wildman–Crippen MR) is 141 cm³/mol. The molecule has 0 radical (unpaired) electrons. The number of carbonyl (C=O) groups excluding carboxylic acids is 1. The maximum Gasteiger partial charge on any atom is 0.324 e. The molecule has 7 nitrogen and oxygen atoms in total. The molecule has 4 rings (SSSR count). The minimum absolute atomic E-state index is 0.250. The van der Waals surface area contributed by atoms with Gasteiger partial charge in [0.1, 0.15) is 11.3 Å². The first-order chi connectivity index (χ1) is 16.4. The zero-order valence-electron chi connectivity index (χ0n) is 21.0. The summed E-state index contributed by atoms with van der Waals surface area (Å²) in [4.78, 5) is 26.0. The van der Waals surface area contributed by atoms with Gasteiger partial charge in [-0.05, 0) is 47.2 Å². The van der Waals surface area contributed by atoms with Gasteiger partial charge in [0.15, 0.2) is 11.5 Å². The fourth-order valence-electron chi connectivity index (χ4n) is 3.84. The Morgan fingerprint density at radius 2 is 1.46 bits per heavy atom. The van der Waals surface area contributed by atoms with Crippen LogP contribution in [0.5, 0.6) is 5.75 Å². The number of rotatable bonds is 3. The van der Waals surface area contributed by atoms with Gasteiger partial charge in [-0.1, -0.05) is 59.7 Å². The van der Waals surface area contributed by atoms with Crippen molar-refractivity contribution >= 4 is 28.7 Å². The second kappa shape index (κ2) is 8.98. The van der Waals surface area contributed by atoms with E-state index in [-0.39, 0.29) is 10.8 Å². The number of anilines is 2. The van der Waals surface area contributed by atoms with E-state index in [1.54, 1.807) is 12.1 Å². The van der Waals surface area contributed by atoms with Gasteiger partial charge in [-0.15, -0.1) is 0 Å². The molecule has 0 spiro atoms.